The molecule has 0 unspecified atom stereocenters. The second-order valence-corrected chi connectivity index (χ2v) is 5.82. The van der Waals surface area contributed by atoms with Crippen LogP contribution in [0.3, 0.4) is 0 Å². The van der Waals surface area contributed by atoms with Gasteiger partial charge >= 0.3 is 5.97 Å². The van der Waals surface area contributed by atoms with Gasteiger partial charge in [-0.2, -0.15) is 0 Å². The molecule has 0 atom stereocenters. The van der Waals surface area contributed by atoms with Crippen molar-refractivity contribution in [2.24, 2.45) is 0 Å². The first-order valence-electron chi connectivity index (χ1n) is 6.48. The fourth-order valence-electron chi connectivity index (χ4n) is 1.82. The summed E-state index contributed by atoms with van der Waals surface area (Å²) in [5.41, 5.74) is 1.62. The van der Waals surface area contributed by atoms with E-state index in [1.165, 1.54) is 6.07 Å². The lowest BCUT2D eigenvalue weighted by molar-refractivity contribution is -0.118. The third-order valence-corrected chi connectivity index (χ3v) is 3.78. The molecule has 22 heavy (non-hydrogen) atoms. The zero-order valence-electron chi connectivity index (χ0n) is 11.8. The topological polar surface area (TPSA) is 75.6 Å². The van der Waals surface area contributed by atoms with Gasteiger partial charge in [-0.15, -0.1) is 0 Å². The number of carboxylic acid groups (broad SMARTS) is 1. The Labute approximate surface area is 141 Å². The molecular weight excluding hydrogens is 397 g/mol. The van der Waals surface area contributed by atoms with Gasteiger partial charge < -0.3 is 15.2 Å². The molecule has 1 amide bonds. The van der Waals surface area contributed by atoms with Crippen molar-refractivity contribution in [3.05, 3.63) is 57.2 Å². The van der Waals surface area contributed by atoms with Crippen molar-refractivity contribution in [1.82, 2.24) is 0 Å². The van der Waals surface area contributed by atoms with Crippen LogP contribution in [0.15, 0.2) is 42.5 Å². The highest BCUT2D eigenvalue weighted by molar-refractivity contribution is 14.1. The van der Waals surface area contributed by atoms with Crippen molar-refractivity contribution in [1.29, 1.82) is 0 Å². The number of benzene rings is 2. The molecule has 0 heterocycles. The van der Waals surface area contributed by atoms with Crippen LogP contribution >= 0.6 is 22.6 Å². The molecule has 0 bridgehead atoms. The van der Waals surface area contributed by atoms with E-state index in [2.05, 4.69) is 5.32 Å². The van der Waals surface area contributed by atoms with E-state index in [0.29, 0.717) is 15.0 Å². The van der Waals surface area contributed by atoms with Crippen molar-refractivity contribution < 1.29 is 19.4 Å². The van der Waals surface area contributed by atoms with Gasteiger partial charge in [-0.3, -0.25) is 4.79 Å². The molecule has 0 saturated carbocycles. The first kappa shape index (κ1) is 16.3. The Morgan fingerprint density at radius 1 is 1.23 bits per heavy atom. The molecule has 0 aromatic heterocycles. The van der Waals surface area contributed by atoms with Gasteiger partial charge in [-0.1, -0.05) is 12.1 Å². The van der Waals surface area contributed by atoms with E-state index in [4.69, 9.17) is 9.84 Å². The van der Waals surface area contributed by atoms with E-state index in [-0.39, 0.29) is 18.1 Å². The van der Waals surface area contributed by atoms with Crippen molar-refractivity contribution >= 4 is 40.2 Å². The summed E-state index contributed by atoms with van der Waals surface area (Å²) < 4.78 is 6.00. The monoisotopic (exact) mass is 411 g/mol. The number of nitrogens with one attached hydrogen (secondary N) is 1. The summed E-state index contributed by atoms with van der Waals surface area (Å²) in [6.07, 6.45) is 0. The van der Waals surface area contributed by atoms with Gasteiger partial charge in [0.25, 0.3) is 5.91 Å². The number of aromatic carboxylic acids is 1. The maximum absolute atomic E-state index is 11.9. The number of aryl methyl sites for hydroxylation is 1. The fourth-order valence-corrected chi connectivity index (χ4v) is 2.38. The van der Waals surface area contributed by atoms with E-state index in [1.54, 1.807) is 18.2 Å². The summed E-state index contributed by atoms with van der Waals surface area (Å²) in [5, 5.41) is 11.7. The summed E-state index contributed by atoms with van der Waals surface area (Å²) in [6.45, 7) is 1.80. The van der Waals surface area contributed by atoms with Crippen LogP contribution in [0.2, 0.25) is 0 Å². The number of rotatable bonds is 5. The second kappa shape index (κ2) is 7.26. The van der Waals surface area contributed by atoms with Gasteiger partial charge in [0.05, 0.1) is 5.56 Å². The molecule has 0 spiro atoms. The molecule has 0 fully saturated rings. The highest BCUT2D eigenvalue weighted by Gasteiger charge is 2.10. The number of halogens is 1. The first-order valence-corrected chi connectivity index (χ1v) is 7.56. The molecule has 0 aliphatic carbocycles. The second-order valence-electron chi connectivity index (χ2n) is 4.65. The van der Waals surface area contributed by atoms with Crippen molar-refractivity contribution in [2.45, 2.75) is 6.92 Å². The minimum absolute atomic E-state index is 0.141. The van der Waals surface area contributed by atoms with Crippen LogP contribution in [0.25, 0.3) is 0 Å². The van der Waals surface area contributed by atoms with Gasteiger partial charge in [0, 0.05) is 9.26 Å². The Hall–Kier alpha value is -2.09. The molecule has 5 nitrogen and oxygen atoms in total. The Balaban J connectivity index is 1.97. The molecule has 2 aromatic rings. The molecule has 0 aliphatic heterocycles. The van der Waals surface area contributed by atoms with Crippen molar-refractivity contribution in [3.63, 3.8) is 0 Å². The number of amides is 1. The molecule has 2 rings (SSSR count). The molecule has 0 aliphatic rings. The molecule has 0 radical (unpaired) electrons. The maximum Gasteiger partial charge on any atom is 0.336 e. The number of carbonyl (C=O) groups excluding carboxylic acids is 1. The Kier molecular flexibility index (Phi) is 5.37. The maximum atomic E-state index is 11.9. The first-order chi connectivity index (χ1) is 10.5. The predicted molar refractivity (Wildman–Crippen MR) is 91.4 cm³/mol. The highest BCUT2D eigenvalue weighted by atomic mass is 127. The molecule has 2 aromatic carbocycles. The SMILES string of the molecule is Cc1cccc(OCC(=O)Nc2ccc(I)c(C(=O)O)c2)c1. The average Bonchev–Trinajstić information content (AvgIpc) is 2.47. The molecule has 0 saturated heterocycles. The van der Waals surface area contributed by atoms with Gasteiger partial charge in [-0.05, 0) is 65.4 Å². The van der Waals surface area contributed by atoms with Gasteiger partial charge in [0.1, 0.15) is 5.75 Å². The lowest BCUT2D eigenvalue weighted by Gasteiger charge is -2.09. The van der Waals surface area contributed by atoms with E-state index < -0.39 is 5.97 Å². The molecule has 6 heteroatoms. The molecule has 114 valence electrons. The van der Waals surface area contributed by atoms with Gasteiger partial charge in [-0.25, -0.2) is 4.79 Å². The fraction of sp³-hybridized carbons (Fsp3) is 0.125. The summed E-state index contributed by atoms with van der Waals surface area (Å²) in [4.78, 5) is 22.9. The number of anilines is 1. The van der Waals surface area contributed by atoms with E-state index in [0.717, 1.165) is 5.56 Å². The quantitative estimate of drug-likeness (QED) is 0.741. The average molecular weight is 411 g/mol. The minimum Gasteiger partial charge on any atom is -0.484 e. The van der Waals surface area contributed by atoms with Crippen LogP contribution < -0.4 is 10.1 Å². The van der Waals surface area contributed by atoms with Gasteiger partial charge in [0.15, 0.2) is 6.61 Å². The smallest absolute Gasteiger partial charge is 0.336 e. The number of hydrogen-bond donors (Lipinski definition) is 2. The van der Waals surface area contributed by atoms with E-state index in [1.807, 2.05) is 47.7 Å². The van der Waals surface area contributed by atoms with Crippen LogP contribution in [0, 0.1) is 10.5 Å². The van der Waals surface area contributed by atoms with Crippen LogP contribution in [-0.4, -0.2) is 23.6 Å². The summed E-state index contributed by atoms with van der Waals surface area (Å²) >= 11 is 1.94. The molecular formula is C16H14INO4. The van der Waals surface area contributed by atoms with Crippen LogP contribution in [0.4, 0.5) is 5.69 Å². The largest absolute Gasteiger partial charge is 0.484 e. The predicted octanol–water partition coefficient (Wildman–Crippen LogP) is 3.32. The lowest BCUT2D eigenvalue weighted by atomic mass is 10.2. The normalized spacial score (nSPS) is 10.1. The Morgan fingerprint density at radius 2 is 2.00 bits per heavy atom. The van der Waals surface area contributed by atoms with Gasteiger partial charge in [0.2, 0.25) is 0 Å². The third kappa shape index (κ3) is 4.45. The Bertz CT molecular complexity index is 715. The zero-order chi connectivity index (χ0) is 16.1. The van der Waals surface area contributed by atoms with Crippen LogP contribution in [0.5, 0.6) is 5.75 Å². The van der Waals surface area contributed by atoms with E-state index in [9.17, 15) is 9.59 Å². The highest BCUT2D eigenvalue weighted by Crippen LogP contribution is 2.18. The number of hydrogen-bond acceptors (Lipinski definition) is 3. The number of ether oxygens (including phenoxy) is 1. The minimum atomic E-state index is -1.03. The lowest BCUT2D eigenvalue weighted by Crippen LogP contribution is -2.20. The zero-order valence-corrected chi connectivity index (χ0v) is 14.0. The standard InChI is InChI=1S/C16H14INO4/c1-10-3-2-4-12(7-10)22-9-15(19)18-11-5-6-14(17)13(8-11)16(20)21/h2-8H,9H2,1H3,(H,18,19)(H,20,21). The van der Waals surface area contributed by atoms with Crippen LogP contribution in [-0.2, 0) is 4.79 Å². The summed E-state index contributed by atoms with van der Waals surface area (Å²) in [7, 11) is 0. The Morgan fingerprint density at radius 3 is 2.68 bits per heavy atom. The van der Waals surface area contributed by atoms with Crippen molar-refractivity contribution in [3.8, 4) is 5.75 Å². The summed E-state index contributed by atoms with van der Waals surface area (Å²) in [5.74, 6) is -0.764. The van der Waals surface area contributed by atoms with Crippen LogP contribution in [0.1, 0.15) is 15.9 Å². The summed E-state index contributed by atoms with van der Waals surface area (Å²) in [6, 6.07) is 12.1. The number of carboxylic acids is 1. The van der Waals surface area contributed by atoms with Crippen molar-refractivity contribution in [2.75, 3.05) is 11.9 Å². The molecule has 2 N–H and O–H groups in total. The number of carbonyl (C=O) groups is 2. The van der Waals surface area contributed by atoms with E-state index >= 15 is 0 Å². The third-order valence-electron chi connectivity index (χ3n) is 2.84.